The van der Waals surface area contributed by atoms with Crippen LogP contribution in [0.25, 0.3) is 16.7 Å². The molecule has 4 rings (SSSR count). The van der Waals surface area contributed by atoms with Gasteiger partial charge >= 0.3 is 0 Å². The number of ether oxygens (including phenoxy) is 1. The van der Waals surface area contributed by atoms with E-state index in [0.717, 1.165) is 27.9 Å². The van der Waals surface area contributed by atoms with Gasteiger partial charge in [0.05, 0.1) is 11.4 Å². The van der Waals surface area contributed by atoms with Crippen molar-refractivity contribution < 1.29 is 9.53 Å². The number of aryl methyl sites for hydroxylation is 2. The minimum absolute atomic E-state index is 0.189. The number of aromatic nitrogens is 3. The second-order valence-corrected chi connectivity index (χ2v) is 7.27. The minimum atomic E-state index is -0.674. The van der Waals surface area contributed by atoms with Gasteiger partial charge in [0.25, 0.3) is 5.91 Å². The number of nitrogens with zero attached hydrogens (tertiary/aromatic N) is 3. The first-order chi connectivity index (χ1) is 14.5. The predicted molar refractivity (Wildman–Crippen MR) is 117 cm³/mol. The number of para-hydroxylation sites is 1. The molecule has 1 atom stereocenters. The summed E-state index contributed by atoms with van der Waals surface area (Å²) in [5.74, 6) is 0.214. The molecule has 0 radical (unpaired) electrons. The fourth-order valence-electron chi connectivity index (χ4n) is 3.45. The highest BCUT2D eigenvalue weighted by Gasteiger charge is 2.19. The molecule has 1 amide bonds. The third kappa shape index (κ3) is 4.03. The van der Waals surface area contributed by atoms with Crippen molar-refractivity contribution in [3.8, 4) is 11.6 Å². The highest BCUT2D eigenvalue weighted by molar-refractivity contribution is 5.84. The Morgan fingerprint density at radius 1 is 1.07 bits per heavy atom. The second-order valence-electron chi connectivity index (χ2n) is 7.27. The Balaban J connectivity index is 1.56. The van der Waals surface area contributed by atoms with Crippen molar-refractivity contribution in [2.24, 2.45) is 0 Å². The van der Waals surface area contributed by atoms with Gasteiger partial charge in [-0.1, -0.05) is 48.5 Å². The van der Waals surface area contributed by atoms with Gasteiger partial charge in [-0.05, 0) is 44.0 Å². The third-order valence-corrected chi connectivity index (χ3v) is 4.96. The van der Waals surface area contributed by atoms with Gasteiger partial charge < -0.3 is 10.1 Å². The summed E-state index contributed by atoms with van der Waals surface area (Å²) >= 11 is 0. The van der Waals surface area contributed by atoms with Crippen LogP contribution in [0.5, 0.6) is 5.88 Å². The number of hydrogen-bond donors (Lipinski definition) is 1. The number of benzene rings is 2. The summed E-state index contributed by atoms with van der Waals surface area (Å²) in [7, 11) is 0. The zero-order valence-corrected chi connectivity index (χ0v) is 17.3. The van der Waals surface area contributed by atoms with Gasteiger partial charge in [-0.2, -0.15) is 10.1 Å². The lowest BCUT2D eigenvalue weighted by molar-refractivity contribution is -0.127. The predicted octanol–water partition coefficient (Wildman–Crippen LogP) is 4.12. The Labute approximate surface area is 175 Å². The van der Waals surface area contributed by atoms with E-state index in [4.69, 9.17) is 4.74 Å². The number of carbonyl (C=O) groups excluding carboxylic acids is 1. The summed E-state index contributed by atoms with van der Waals surface area (Å²) in [4.78, 5) is 17.2. The molecule has 30 heavy (non-hydrogen) atoms. The Morgan fingerprint density at radius 3 is 2.43 bits per heavy atom. The monoisotopic (exact) mass is 400 g/mol. The van der Waals surface area contributed by atoms with E-state index >= 15 is 0 Å². The van der Waals surface area contributed by atoms with Crippen molar-refractivity contribution in [2.45, 2.75) is 33.4 Å². The molecule has 0 unspecified atom stereocenters. The molecule has 0 aliphatic heterocycles. The molecular formula is C24H24N4O2. The van der Waals surface area contributed by atoms with E-state index in [-0.39, 0.29) is 5.91 Å². The van der Waals surface area contributed by atoms with Crippen LogP contribution in [0.3, 0.4) is 0 Å². The van der Waals surface area contributed by atoms with Crippen LogP contribution >= 0.6 is 0 Å². The van der Waals surface area contributed by atoms with Gasteiger partial charge in [0.2, 0.25) is 5.88 Å². The van der Waals surface area contributed by atoms with Gasteiger partial charge in [0, 0.05) is 18.0 Å². The van der Waals surface area contributed by atoms with Crippen molar-refractivity contribution in [1.82, 2.24) is 20.1 Å². The van der Waals surface area contributed by atoms with Crippen molar-refractivity contribution in [2.75, 3.05) is 0 Å². The summed E-state index contributed by atoms with van der Waals surface area (Å²) in [6.45, 7) is 6.15. The van der Waals surface area contributed by atoms with Gasteiger partial charge in [-0.15, -0.1) is 0 Å². The van der Waals surface area contributed by atoms with Crippen molar-refractivity contribution in [1.29, 1.82) is 0 Å². The van der Waals surface area contributed by atoms with Crippen molar-refractivity contribution >= 4 is 16.9 Å². The SMILES string of the molecule is Cc1cc(O[C@@H](C)C(=O)NCc2ccccc2)nc2c1c(C)nn2-c1ccccc1. The van der Waals surface area contributed by atoms with Crippen LogP contribution < -0.4 is 10.1 Å². The van der Waals surface area contributed by atoms with E-state index in [1.54, 1.807) is 6.92 Å². The third-order valence-electron chi connectivity index (χ3n) is 4.96. The lowest BCUT2D eigenvalue weighted by Crippen LogP contribution is -2.36. The maximum absolute atomic E-state index is 12.5. The largest absolute Gasteiger partial charge is 0.464 e. The first kappa shape index (κ1) is 19.6. The fraction of sp³-hybridized carbons (Fsp3) is 0.208. The van der Waals surface area contributed by atoms with E-state index in [1.807, 2.05) is 85.3 Å². The lowest BCUT2D eigenvalue weighted by Gasteiger charge is -2.15. The van der Waals surface area contributed by atoms with Crippen molar-refractivity contribution in [3.63, 3.8) is 0 Å². The molecule has 4 aromatic rings. The number of amides is 1. The molecule has 0 aliphatic carbocycles. The molecule has 0 saturated heterocycles. The number of rotatable bonds is 6. The van der Waals surface area contributed by atoms with Crippen LogP contribution in [0.4, 0.5) is 0 Å². The van der Waals surface area contributed by atoms with Crippen LogP contribution in [0.2, 0.25) is 0 Å². The smallest absolute Gasteiger partial charge is 0.261 e. The molecule has 1 N–H and O–H groups in total. The van der Waals surface area contributed by atoms with Crippen LogP contribution in [-0.2, 0) is 11.3 Å². The van der Waals surface area contributed by atoms with E-state index < -0.39 is 6.10 Å². The molecule has 0 aliphatic rings. The maximum atomic E-state index is 12.5. The van der Waals surface area contributed by atoms with Crippen LogP contribution in [0, 0.1) is 13.8 Å². The zero-order valence-electron chi connectivity index (χ0n) is 17.3. The second kappa shape index (κ2) is 8.37. The topological polar surface area (TPSA) is 69.0 Å². The fourth-order valence-corrected chi connectivity index (χ4v) is 3.45. The number of carbonyl (C=O) groups is 1. The number of fused-ring (bicyclic) bond motifs is 1. The van der Waals surface area contributed by atoms with Gasteiger partial charge in [-0.3, -0.25) is 4.79 Å². The molecular weight excluding hydrogens is 376 g/mol. The molecule has 6 nitrogen and oxygen atoms in total. The Hall–Kier alpha value is -3.67. The van der Waals surface area contributed by atoms with Crippen LogP contribution in [0.15, 0.2) is 66.7 Å². The molecule has 2 heterocycles. The van der Waals surface area contributed by atoms with Crippen LogP contribution in [-0.4, -0.2) is 26.8 Å². The summed E-state index contributed by atoms with van der Waals surface area (Å²) in [5, 5.41) is 8.55. The van der Waals surface area contributed by atoms with Gasteiger partial charge in [-0.25, -0.2) is 4.68 Å². The zero-order chi connectivity index (χ0) is 21.1. The van der Waals surface area contributed by atoms with E-state index in [0.29, 0.717) is 18.1 Å². The number of nitrogens with one attached hydrogen (secondary N) is 1. The average Bonchev–Trinajstić information content (AvgIpc) is 3.10. The van der Waals surface area contributed by atoms with E-state index in [1.165, 1.54) is 0 Å². The number of hydrogen-bond acceptors (Lipinski definition) is 4. The Kier molecular flexibility index (Phi) is 5.48. The average molecular weight is 400 g/mol. The molecule has 6 heteroatoms. The Morgan fingerprint density at radius 2 is 1.73 bits per heavy atom. The molecule has 0 saturated carbocycles. The molecule has 152 valence electrons. The number of pyridine rings is 1. The molecule has 0 spiro atoms. The quantitative estimate of drug-likeness (QED) is 0.529. The standard InChI is InChI=1S/C24H24N4O2/c1-16-14-21(30-18(3)24(29)25-15-19-10-6-4-7-11-19)26-23-22(16)17(2)27-28(23)20-12-8-5-9-13-20/h4-14,18H,15H2,1-3H3,(H,25,29)/t18-/m0/s1. The highest BCUT2D eigenvalue weighted by atomic mass is 16.5. The van der Waals surface area contributed by atoms with E-state index in [2.05, 4.69) is 15.4 Å². The molecule has 2 aromatic carbocycles. The van der Waals surface area contributed by atoms with Gasteiger partial charge in [0.15, 0.2) is 11.8 Å². The minimum Gasteiger partial charge on any atom is -0.464 e. The first-order valence-corrected chi connectivity index (χ1v) is 9.93. The maximum Gasteiger partial charge on any atom is 0.261 e. The molecule has 0 bridgehead atoms. The summed E-state index contributed by atoms with van der Waals surface area (Å²) in [6, 6.07) is 21.5. The molecule has 2 aromatic heterocycles. The Bertz CT molecular complexity index is 1170. The summed E-state index contributed by atoms with van der Waals surface area (Å²) < 4.78 is 7.70. The van der Waals surface area contributed by atoms with Crippen molar-refractivity contribution in [3.05, 3.63) is 83.6 Å². The lowest BCUT2D eigenvalue weighted by atomic mass is 10.1. The normalized spacial score (nSPS) is 12.0. The van der Waals surface area contributed by atoms with E-state index in [9.17, 15) is 4.79 Å². The summed E-state index contributed by atoms with van der Waals surface area (Å²) in [5.41, 5.74) is 4.58. The van der Waals surface area contributed by atoms with Gasteiger partial charge in [0.1, 0.15) is 0 Å². The van der Waals surface area contributed by atoms with Crippen LogP contribution in [0.1, 0.15) is 23.7 Å². The highest BCUT2D eigenvalue weighted by Crippen LogP contribution is 2.27. The summed E-state index contributed by atoms with van der Waals surface area (Å²) in [6.07, 6.45) is -0.674. The first-order valence-electron chi connectivity index (χ1n) is 9.93. The molecule has 0 fully saturated rings.